The van der Waals surface area contributed by atoms with E-state index in [0.717, 1.165) is 31.8 Å². The van der Waals surface area contributed by atoms with E-state index < -0.39 is 0 Å². The normalized spacial score (nSPS) is 12.5. The van der Waals surface area contributed by atoms with Crippen LogP contribution in [-0.4, -0.2) is 20.8 Å². The van der Waals surface area contributed by atoms with Crippen LogP contribution in [-0.2, 0) is 13.1 Å². The van der Waals surface area contributed by atoms with Crippen LogP contribution in [0.15, 0.2) is 18.0 Å². The Labute approximate surface area is 104 Å². The Kier molecular flexibility index (Phi) is 5.91. The molecule has 4 heteroatoms. The molecule has 17 heavy (non-hydrogen) atoms. The minimum Gasteiger partial charge on any atom is -0.317 e. The van der Waals surface area contributed by atoms with Gasteiger partial charge in [-0.15, -0.1) is 10.2 Å². The first-order chi connectivity index (χ1) is 8.13. The first-order valence-electron chi connectivity index (χ1n) is 6.37. The molecule has 0 aromatic carbocycles. The van der Waals surface area contributed by atoms with Crippen molar-refractivity contribution in [3.05, 3.63) is 23.8 Å². The Morgan fingerprint density at radius 3 is 2.94 bits per heavy atom. The summed E-state index contributed by atoms with van der Waals surface area (Å²) in [6, 6.07) is 0.507. The molecule has 0 aliphatic rings. The van der Waals surface area contributed by atoms with E-state index in [9.17, 15) is 0 Å². The molecule has 0 radical (unpaired) electrons. The van der Waals surface area contributed by atoms with Gasteiger partial charge in [-0.05, 0) is 40.5 Å². The second-order valence-corrected chi connectivity index (χ2v) is 4.67. The average Bonchev–Trinajstić information content (AvgIpc) is 2.73. The Morgan fingerprint density at radius 2 is 2.29 bits per heavy atom. The maximum Gasteiger partial charge on any atom is 0.146 e. The third-order valence-corrected chi connectivity index (χ3v) is 2.80. The van der Waals surface area contributed by atoms with Crippen molar-refractivity contribution in [1.82, 2.24) is 20.1 Å². The van der Waals surface area contributed by atoms with Crippen LogP contribution in [0.3, 0.4) is 0 Å². The summed E-state index contributed by atoms with van der Waals surface area (Å²) in [6.45, 7) is 10.3. The number of aryl methyl sites for hydroxylation is 1. The first-order valence-corrected chi connectivity index (χ1v) is 6.37. The van der Waals surface area contributed by atoms with Gasteiger partial charge in [-0.1, -0.05) is 11.6 Å². The average molecular weight is 236 g/mol. The van der Waals surface area contributed by atoms with Crippen LogP contribution >= 0.6 is 0 Å². The summed E-state index contributed by atoms with van der Waals surface area (Å²) in [5.41, 5.74) is 1.39. The second kappa shape index (κ2) is 7.22. The number of allylic oxidation sites excluding steroid dienone is 2. The molecular formula is C13H24N4. The molecule has 0 fully saturated rings. The number of nitrogens with one attached hydrogen (secondary N) is 1. The van der Waals surface area contributed by atoms with Gasteiger partial charge in [-0.25, -0.2) is 0 Å². The van der Waals surface area contributed by atoms with Gasteiger partial charge in [-0.2, -0.15) is 0 Å². The standard InChI is InChI=1S/C13H24N4/c1-5-17-10-15-16-13(17)9-14-12(4)8-6-7-11(2)3/h7,10,12,14H,5-6,8-9H2,1-4H3/t12-/m0/s1. The fraction of sp³-hybridized carbons (Fsp3) is 0.692. The Morgan fingerprint density at radius 1 is 1.53 bits per heavy atom. The first kappa shape index (κ1) is 13.9. The number of hydrogen-bond donors (Lipinski definition) is 1. The lowest BCUT2D eigenvalue weighted by Gasteiger charge is -2.12. The summed E-state index contributed by atoms with van der Waals surface area (Å²) < 4.78 is 2.07. The maximum atomic E-state index is 4.11. The zero-order chi connectivity index (χ0) is 12.7. The van der Waals surface area contributed by atoms with E-state index in [1.165, 1.54) is 5.57 Å². The molecule has 0 saturated carbocycles. The molecule has 0 bridgehead atoms. The molecule has 1 atom stereocenters. The molecule has 1 aromatic heterocycles. The Balaban J connectivity index is 2.28. The van der Waals surface area contributed by atoms with Crippen molar-refractivity contribution in [2.75, 3.05) is 0 Å². The van der Waals surface area contributed by atoms with E-state index in [0.29, 0.717) is 6.04 Å². The Hall–Kier alpha value is -1.16. The van der Waals surface area contributed by atoms with Crippen LogP contribution in [0.4, 0.5) is 0 Å². The summed E-state index contributed by atoms with van der Waals surface area (Å²) in [6.07, 6.45) is 6.36. The highest BCUT2D eigenvalue weighted by Gasteiger charge is 2.05. The quantitative estimate of drug-likeness (QED) is 0.740. The molecule has 0 unspecified atom stereocenters. The van der Waals surface area contributed by atoms with Gasteiger partial charge in [0.15, 0.2) is 0 Å². The molecule has 4 nitrogen and oxygen atoms in total. The summed E-state index contributed by atoms with van der Waals surface area (Å²) in [5.74, 6) is 1.02. The topological polar surface area (TPSA) is 42.7 Å². The summed E-state index contributed by atoms with van der Waals surface area (Å²) in [7, 11) is 0. The van der Waals surface area contributed by atoms with Crippen molar-refractivity contribution < 1.29 is 0 Å². The Bertz CT molecular complexity index is 350. The van der Waals surface area contributed by atoms with Gasteiger partial charge in [-0.3, -0.25) is 0 Å². The van der Waals surface area contributed by atoms with Gasteiger partial charge in [0.1, 0.15) is 12.2 Å². The predicted octanol–water partition coefficient (Wildman–Crippen LogP) is 2.52. The van der Waals surface area contributed by atoms with E-state index in [4.69, 9.17) is 0 Å². The van der Waals surface area contributed by atoms with Crippen LogP contribution in [0.2, 0.25) is 0 Å². The minimum absolute atomic E-state index is 0.507. The van der Waals surface area contributed by atoms with Gasteiger partial charge in [0.2, 0.25) is 0 Å². The van der Waals surface area contributed by atoms with E-state index in [1.54, 1.807) is 6.33 Å². The highest BCUT2D eigenvalue weighted by molar-refractivity contribution is 4.93. The molecule has 1 rings (SSSR count). The van der Waals surface area contributed by atoms with Gasteiger partial charge in [0, 0.05) is 12.6 Å². The number of aromatic nitrogens is 3. The zero-order valence-corrected chi connectivity index (χ0v) is 11.4. The van der Waals surface area contributed by atoms with Crippen molar-refractivity contribution in [3.63, 3.8) is 0 Å². The molecule has 0 aliphatic carbocycles. The fourth-order valence-electron chi connectivity index (χ4n) is 1.67. The van der Waals surface area contributed by atoms with Crippen molar-refractivity contribution in [2.45, 2.75) is 59.7 Å². The lowest BCUT2D eigenvalue weighted by Crippen LogP contribution is -2.26. The fourth-order valence-corrected chi connectivity index (χ4v) is 1.67. The summed E-state index contributed by atoms with van der Waals surface area (Å²) >= 11 is 0. The molecule has 1 aromatic rings. The largest absolute Gasteiger partial charge is 0.317 e. The van der Waals surface area contributed by atoms with Gasteiger partial charge >= 0.3 is 0 Å². The predicted molar refractivity (Wildman–Crippen MR) is 70.7 cm³/mol. The molecular weight excluding hydrogens is 212 g/mol. The number of hydrogen-bond acceptors (Lipinski definition) is 3. The summed E-state index contributed by atoms with van der Waals surface area (Å²) in [5, 5.41) is 11.5. The van der Waals surface area contributed by atoms with Gasteiger partial charge in [0.25, 0.3) is 0 Å². The highest BCUT2D eigenvalue weighted by Crippen LogP contribution is 2.02. The third kappa shape index (κ3) is 5.13. The van der Waals surface area contributed by atoms with E-state index in [-0.39, 0.29) is 0 Å². The van der Waals surface area contributed by atoms with Crippen molar-refractivity contribution >= 4 is 0 Å². The lowest BCUT2D eigenvalue weighted by atomic mass is 10.1. The third-order valence-electron chi connectivity index (χ3n) is 2.80. The van der Waals surface area contributed by atoms with Crippen LogP contribution in [0, 0.1) is 0 Å². The molecule has 1 heterocycles. The van der Waals surface area contributed by atoms with Gasteiger partial charge in [0.05, 0.1) is 6.54 Å². The highest BCUT2D eigenvalue weighted by atomic mass is 15.3. The lowest BCUT2D eigenvalue weighted by molar-refractivity contribution is 0.496. The van der Waals surface area contributed by atoms with Crippen LogP contribution in [0.1, 0.15) is 46.4 Å². The molecule has 0 amide bonds. The SMILES string of the molecule is CCn1cnnc1CN[C@@H](C)CCC=C(C)C. The molecule has 0 aliphatic heterocycles. The van der Waals surface area contributed by atoms with Crippen LogP contribution in [0.5, 0.6) is 0 Å². The van der Waals surface area contributed by atoms with E-state index in [1.807, 2.05) is 0 Å². The molecule has 0 spiro atoms. The van der Waals surface area contributed by atoms with Crippen LogP contribution in [0.25, 0.3) is 0 Å². The van der Waals surface area contributed by atoms with Gasteiger partial charge < -0.3 is 9.88 Å². The minimum atomic E-state index is 0.507. The smallest absolute Gasteiger partial charge is 0.146 e. The van der Waals surface area contributed by atoms with Crippen molar-refractivity contribution in [1.29, 1.82) is 0 Å². The summed E-state index contributed by atoms with van der Waals surface area (Å²) in [4.78, 5) is 0. The molecule has 0 saturated heterocycles. The van der Waals surface area contributed by atoms with Crippen molar-refractivity contribution in [2.24, 2.45) is 0 Å². The van der Waals surface area contributed by atoms with Crippen LogP contribution < -0.4 is 5.32 Å². The zero-order valence-electron chi connectivity index (χ0n) is 11.4. The van der Waals surface area contributed by atoms with E-state index in [2.05, 4.69) is 53.9 Å². The molecule has 96 valence electrons. The maximum absolute atomic E-state index is 4.11. The van der Waals surface area contributed by atoms with E-state index >= 15 is 0 Å². The monoisotopic (exact) mass is 236 g/mol. The second-order valence-electron chi connectivity index (χ2n) is 4.67. The molecule has 1 N–H and O–H groups in total. The number of nitrogens with zero attached hydrogens (tertiary/aromatic N) is 3. The van der Waals surface area contributed by atoms with Crippen molar-refractivity contribution in [3.8, 4) is 0 Å². The number of rotatable bonds is 7.